The van der Waals surface area contributed by atoms with Crippen LogP contribution in [-0.2, 0) is 9.63 Å². The molecule has 0 heterocycles. The molecular formula is C11H19F3N2O2. The summed E-state index contributed by atoms with van der Waals surface area (Å²) in [5.41, 5.74) is 2.01. The summed E-state index contributed by atoms with van der Waals surface area (Å²) in [5, 5.41) is 2.79. The summed E-state index contributed by atoms with van der Waals surface area (Å²) in [4.78, 5) is 15.6. The maximum atomic E-state index is 11.7. The Hall–Kier alpha value is -0.820. The highest BCUT2D eigenvalue weighted by molar-refractivity contribution is 5.78. The van der Waals surface area contributed by atoms with Crippen LogP contribution in [0.4, 0.5) is 13.2 Å². The van der Waals surface area contributed by atoms with E-state index in [1.807, 2.05) is 5.48 Å². The van der Waals surface area contributed by atoms with Crippen LogP contribution in [-0.4, -0.2) is 31.3 Å². The van der Waals surface area contributed by atoms with Crippen LogP contribution in [0.3, 0.4) is 0 Å². The molecule has 4 nitrogen and oxygen atoms in total. The van der Waals surface area contributed by atoms with E-state index in [1.165, 1.54) is 12.8 Å². The van der Waals surface area contributed by atoms with E-state index >= 15 is 0 Å². The number of hydrogen-bond donors (Lipinski definition) is 2. The number of nitrogens with one attached hydrogen (secondary N) is 2. The van der Waals surface area contributed by atoms with Gasteiger partial charge in [-0.1, -0.05) is 25.7 Å². The number of rotatable bonds is 5. The largest absolute Gasteiger partial charge is 0.413 e. The van der Waals surface area contributed by atoms with Gasteiger partial charge in [-0.15, -0.1) is 0 Å². The molecule has 0 aliphatic heterocycles. The fourth-order valence-corrected chi connectivity index (χ4v) is 1.95. The number of hydroxylamine groups is 1. The zero-order valence-electron chi connectivity index (χ0n) is 10.2. The van der Waals surface area contributed by atoms with Crippen LogP contribution in [0.5, 0.6) is 0 Å². The van der Waals surface area contributed by atoms with Crippen LogP contribution in [0.2, 0.25) is 0 Å². The summed E-state index contributed by atoms with van der Waals surface area (Å²) >= 11 is 0. The van der Waals surface area contributed by atoms with Crippen LogP contribution < -0.4 is 10.8 Å². The quantitative estimate of drug-likeness (QED) is 0.455. The zero-order chi connectivity index (χ0) is 13.4. The van der Waals surface area contributed by atoms with Crippen LogP contribution in [0.15, 0.2) is 0 Å². The van der Waals surface area contributed by atoms with Crippen molar-refractivity contribution in [2.75, 3.05) is 13.2 Å². The molecule has 2 N–H and O–H groups in total. The minimum atomic E-state index is -4.38. The summed E-state index contributed by atoms with van der Waals surface area (Å²) in [6, 6.07) is 0.143. The van der Waals surface area contributed by atoms with Crippen LogP contribution >= 0.6 is 0 Å². The molecule has 1 rings (SSSR count). The molecule has 0 aromatic rings. The van der Waals surface area contributed by atoms with Gasteiger partial charge in [0.2, 0.25) is 5.91 Å². The van der Waals surface area contributed by atoms with Gasteiger partial charge in [0, 0.05) is 6.04 Å². The predicted octanol–water partition coefficient (Wildman–Crippen LogP) is 1.91. The molecule has 0 saturated heterocycles. The SMILES string of the molecule is O=C(CNOCC(F)(F)F)NC1CCCCCC1. The minimum absolute atomic E-state index is 0.143. The highest BCUT2D eigenvalue weighted by Gasteiger charge is 2.27. The van der Waals surface area contributed by atoms with Crippen molar-refractivity contribution in [3.63, 3.8) is 0 Å². The van der Waals surface area contributed by atoms with E-state index in [1.54, 1.807) is 0 Å². The van der Waals surface area contributed by atoms with Gasteiger partial charge < -0.3 is 5.32 Å². The Bertz CT molecular complexity index is 251. The monoisotopic (exact) mass is 268 g/mol. The number of alkyl halides is 3. The molecule has 7 heteroatoms. The van der Waals surface area contributed by atoms with E-state index in [9.17, 15) is 18.0 Å². The summed E-state index contributed by atoms with van der Waals surface area (Å²) in [6.45, 7) is -1.66. The number of amides is 1. The van der Waals surface area contributed by atoms with Crippen molar-refractivity contribution in [1.82, 2.24) is 10.8 Å². The van der Waals surface area contributed by atoms with Gasteiger partial charge in [-0.2, -0.15) is 18.7 Å². The normalized spacial score (nSPS) is 18.4. The molecule has 0 radical (unpaired) electrons. The second kappa shape index (κ2) is 7.58. The third kappa shape index (κ3) is 7.50. The molecule has 0 bridgehead atoms. The van der Waals surface area contributed by atoms with Crippen molar-refractivity contribution in [1.29, 1.82) is 0 Å². The second-order valence-corrected chi connectivity index (χ2v) is 4.48. The lowest BCUT2D eigenvalue weighted by Gasteiger charge is -2.16. The molecule has 0 aromatic carbocycles. The molecule has 0 aromatic heterocycles. The van der Waals surface area contributed by atoms with Crippen molar-refractivity contribution >= 4 is 5.91 Å². The van der Waals surface area contributed by atoms with Crippen molar-refractivity contribution in [2.45, 2.75) is 50.7 Å². The first-order valence-electron chi connectivity index (χ1n) is 6.18. The van der Waals surface area contributed by atoms with Gasteiger partial charge in [0.15, 0.2) is 6.61 Å². The number of carbonyl (C=O) groups excluding carboxylic acids is 1. The highest BCUT2D eigenvalue weighted by Crippen LogP contribution is 2.17. The first-order valence-corrected chi connectivity index (χ1v) is 6.18. The summed E-state index contributed by atoms with van der Waals surface area (Å²) in [7, 11) is 0. The Kier molecular flexibility index (Phi) is 6.42. The van der Waals surface area contributed by atoms with E-state index in [2.05, 4.69) is 10.2 Å². The topological polar surface area (TPSA) is 50.4 Å². The Morgan fingerprint density at radius 1 is 1.17 bits per heavy atom. The molecule has 1 amide bonds. The molecule has 1 fully saturated rings. The van der Waals surface area contributed by atoms with Gasteiger partial charge >= 0.3 is 6.18 Å². The molecule has 1 saturated carbocycles. The van der Waals surface area contributed by atoms with E-state index < -0.39 is 12.8 Å². The Balaban J connectivity index is 2.09. The summed E-state index contributed by atoms with van der Waals surface area (Å²) < 4.78 is 35.2. The number of carbonyl (C=O) groups is 1. The minimum Gasteiger partial charge on any atom is -0.352 e. The number of halogens is 3. The van der Waals surface area contributed by atoms with Crippen LogP contribution in [0.1, 0.15) is 38.5 Å². The third-order valence-corrected chi connectivity index (χ3v) is 2.79. The van der Waals surface area contributed by atoms with Gasteiger partial charge in [-0.3, -0.25) is 9.63 Å². The maximum Gasteiger partial charge on any atom is 0.413 e. The molecule has 0 spiro atoms. The molecule has 0 unspecified atom stereocenters. The van der Waals surface area contributed by atoms with E-state index in [-0.39, 0.29) is 18.5 Å². The van der Waals surface area contributed by atoms with Gasteiger partial charge in [-0.25, -0.2) is 0 Å². The van der Waals surface area contributed by atoms with Gasteiger partial charge in [0.25, 0.3) is 0 Å². The first-order chi connectivity index (χ1) is 8.47. The van der Waals surface area contributed by atoms with Crippen molar-refractivity contribution in [3.05, 3.63) is 0 Å². The van der Waals surface area contributed by atoms with E-state index in [0.717, 1.165) is 25.7 Å². The average Bonchev–Trinajstić information content (AvgIpc) is 2.52. The predicted molar refractivity (Wildman–Crippen MR) is 59.6 cm³/mol. The lowest BCUT2D eigenvalue weighted by atomic mass is 10.1. The molecule has 1 aliphatic rings. The summed E-state index contributed by atoms with van der Waals surface area (Å²) in [6.07, 6.45) is 2.03. The van der Waals surface area contributed by atoms with Crippen LogP contribution in [0, 0.1) is 0 Å². The van der Waals surface area contributed by atoms with Gasteiger partial charge in [-0.05, 0) is 12.8 Å². The van der Waals surface area contributed by atoms with Crippen molar-refractivity contribution in [2.24, 2.45) is 0 Å². The smallest absolute Gasteiger partial charge is 0.352 e. The van der Waals surface area contributed by atoms with Crippen LogP contribution in [0.25, 0.3) is 0 Å². The lowest BCUT2D eigenvalue weighted by Crippen LogP contribution is -2.40. The summed E-state index contributed by atoms with van der Waals surface area (Å²) in [5.74, 6) is -0.330. The molecular weight excluding hydrogens is 249 g/mol. The molecule has 106 valence electrons. The average molecular weight is 268 g/mol. The number of hydrogen-bond acceptors (Lipinski definition) is 3. The van der Waals surface area contributed by atoms with Gasteiger partial charge in [0.05, 0.1) is 6.54 Å². The van der Waals surface area contributed by atoms with E-state index in [0.29, 0.717) is 0 Å². The second-order valence-electron chi connectivity index (χ2n) is 4.48. The fraction of sp³-hybridized carbons (Fsp3) is 0.909. The molecule has 18 heavy (non-hydrogen) atoms. The fourth-order valence-electron chi connectivity index (χ4n) is 1.95. The van der Waals surface area contributed by atoms with Crippen molar-refractivity contribution < 1.29 is 22.8 Å². The maximum absolute atomic E-state index is 11.7. The van der Waals surface area contributed by atoms with E-state index in [4.69, 9.17) is 0 Å². The zero-order valence-corrected chi connectivity index (χ0v) is 10.2. The Labute approximate surface area is 104 Å². The molecule has 0 atom stereocenters. The highest BCUT2D eigenvalue weighted by atomic mass is 19.4. The Morgan fingerprint density at radius 2 is 1.78 bits per heavy atom. The standard InChI is InChI=1S/C11H19F3N2O2/c12-11(13,14)8-18-15-7-10(17)16-9-5-3-1-2-4-6-9/h9,15H,1-8H2,(H,16,17). The molecule has 1 aliphatic carbocycles. The third-order valence-electron chi connectivity index (χ3n) is 2.79. The Morgan fingerprint density at radius 3 is 2.33 bits per heavy atom. The first kappa shape index (κ1) is 15.2. The van der Waals surface area contributed by atoms with Crippen molar-refractivity contribution in [3.8, 4) is 0 Å². The lowest BCUT2D eigenvalue weighted by molar-refractivity contribution is -0.189. The van der Waals surface area contributed by atoms with Gasteiger partial charge in [0.1, 0.15) is 0 Å².